The molecule has 0 radical (unpaired) electrons. The molecular formula is C31H46N4O6S. The molecule has 232 valence electrons. The van der Waals surface area contributed by atoms with E-state index in [0.717, 1.165) is 11.1 Å². The molecule has 2 aromatic rings. The summed E-state index contributed by atoms with van der Waals surface area (Å²) in [4.78, 5) is 26.5. The lowest BCUT2D eigenvalue weighted by atomic mass is 9.98. The Kier molecular flexibility index (Phi) is 11.9. The molecule has 2 aromatic carbocycles. The molecule has 3 N–H and O–H groups in total. The van der Waals surface area contributed by atoms with Crippen LogP contribution in [0.5, 0.6) is 5.75 Å². The molecule has 0 saturated heterocycles. The molecule has 0 fully saturated rings. The van der Waals surface area contributed by atoms with Gasteiger partial charge in [0.1, 0.15) is 11.5 Å². The maximum absolute atomic E-state index is 14.1. The van der Waals surface area contributed by atoms with Gasteiger partial charge in [0.15, 0.2) is 0 Å². The average Bonchev–Trinajstić information content (AvgIpc) is 3.39. The van der Waals surface area contributed by atoms with Gasteiger partial charge in [-0.1, -0.05) is 51.1 Å². The van der Waals surface area contributed by atoms with Crippen molar-refractivity contribution in [1.82, 2.24) is 19.8 Å². The highest BCUT2D eigenvalue weighted by Gasteiger charge is 2.43. The van der Waals surface area contributed by atoms with E-state index in [4.69, 9.17) is 4.74 Å². The Morgan fingerprint density at radius 1 is 1.05 bits per heavy atom. The van der Waals surface area contributed by atoms with Gasteiger partial charge >= 0.3 is 0 Å². The highest BCUT2D eigenvalue weighted by Crippen LogP contribution is 2.33. The van der Waals surface area contributed by atoms with E-state index in [-0.39, 0.29) is 67.4 Å². The van der Waals surface area contributed by atoms with E-state index in [0.29, 0.717) is 25.3 Å². The molecule has 2 unspecified atom stereocenters. The molecule has 42 heavy (non-hydrogen) atoms. The lowest BCUT2D eigenvalue weighted by molar-refractivity contribution is -0.124. The zero-order valence-electron chi connectivity index (χ0n) is 25.4. The predicted octanol–water partition coefficient (Wildman–Crippen LogP) is 2.41. The number of hydrogen-bond donors (Lipinski definition) is 3. The third-order valence-electron chi connectivity index (χ3n) is 7.06. The molecule has 2 amide bonds. The number of sulfonamides is 1. The summed E-state index contributed by atoms with van der Waals surface area (Å²) in [6.07, 6.45) is 0.852. The van der Waals surface area contributed by atoms with Gasteiger partial charge in [-0.25, -0.2) is 8.42 Å². The van der Waals surface area contributed by atoms with Gasteiger partial charge in [0.2, 0.25) is 21.8 Å². The van der Waals surface area contributed by atoms with E-state index < -0.39 is 15.7 Å². The number of nitrogens with one attached hydrogen (secondary N) is 2. The summed E-state index contributed by atoms with van der Waals surface area (Å²) in [5, 5.41) is 17.9. The number of fused-ring (bicyclic) bond motifs is 1. The van der Waals surface area contributed by atoms with Gasteiger partial charge in [-0.3, -0.25) is 9.59 Å². The number of benzene rings is 2. The SMILES string of the molecule is CC(C)CN(C(O)(CCNC(=O)CC(C)CNC(=O)CN(C)C)Cc1ccccc1)S(=O)(=O)c1ccc2c(c1)CCO2. The number of likely N-dealkylation sites (N-methyl/N-ethyl adjacent to an activating group) is 1. The van der Waals surface area contributed by atoms with Crippen LogP contribution in [0.3, 0.4) is 0 Å². The minimum absolute atomic E-state index is 0.0123. The average molecular weight is 603 g/mol. The van der Waals surface area contributed by atoms with Crippen LogP contribution >= 0.6 is 0 Å². The van der Waals surface area contributed by atoms with Crippen molar-refractivity contribution in [3.63, 3.8) is 0 Å². The van der Waals surface area contributed by atoms with E-state index in [1.54, 1.807) is 17.0 Å². The minimum atomic E-state index is -4.12. The number of amides is 2. The van der Waals surface area contributed by atoms with Crippen LogP contribution in [0.15, 0.2) is 53.4 Å². The Bertz CT molecular complexity index is 1300. The quantitative estimate of drug-likeness (QED) is 0.252. The molecule has 0 saturated carbocycles. The Morgan fingerprint density at radius 3 is 2.43 bits per heavy atom. The Morgan fingerprint density at radius 2 is 1.76 bits per heavy atom. The molecular weight excluding hydrogens is 556 g/mol. The van der Waals surface area contributed by atoms with Gasteiger partial charge in [0, 0.05) is 45.3 Å². The lowest BCUT2D eigenvalue weighted by Gasteiger charge is -2.40. The van der Waals surface area contributed by atoms with Crippen molar-refractivity contribution in [2.45, 2.75) is 57.1 Å². The van der Waals surface area contributed by atoms with E-state index in [1.165, 1.54) is 10.4 Å². The van der Waals surface area contributed by atoms with Gasteiger partial charge in [-0.15, -0.1) is 0 Å². The molecule has 0 spiro atoms. The summed E-state index contributed by atoms with van der Waals surface area (Å²) in [6, 6.07) is 14.1. The minimum Gasteiger partial charge on any atom is -0.493 e. The van der Waals surface area contributed by atoms with Crippen LogP contribution in [-0.2, 0) is 32.5 Å². The largest absolute Gasteiger partial charge is 0.493 e. The van der Waals surface area contributed by atoms with Crippen LogP contribution in [-0.4, -0.2) is 87.2 Å². The third-order valence-corrected chi connectivity index (χ3v) is 8.98. The highest BCUT2D eigenvalue weighted by molar-refractivity contribution is 7.89. The molecule has 1 aliphatic heterocycles. The van der Waals surface area contributed by atoms with E-state index in [1.807, 2.05) is 65.2 Å². The molecule has 10 nitrogen and oxygen atoms in total. The number of ether oxygens (including phenoxy) is 1. The van der Waals surface area contributed by atoms with Crippen molar-refractivity contribution < 1.29 is 27.9 Å². The van der Waals surface area contributed by atoms with Gasteiger partial charge in [0.25, 0.3) is 0 Å². The zero-order chi connectivity index (χ0) is 30.9. The van der Waals surface area contributed by atoms with Gasteiger partial charge < -0.3 is 25.4 Å². The second kappa shape index (κ2) is 15.0. The van der Waals surface area contributed by atoms with Crippen molar-refractivity contribution in [1.29, 1.82) is 0 Å². The fourth-order valence-electron chi connectivity index (χ4n) is 4.99. The van der Waals surface area contributed by atoms with Crippen molar-refractivity contribution in [3.8, 4) is 5.75 Å². The number of aliphatic hydroxyl groups is 1. The second-order valence-corrected chi connectivity index (χ2v) is 13.8. The van der Waals surface area contributed by atoms with Crippen molar-refractivity contribution >= 4 is 21.8 Å². The molecule has 0 bridgehead atoms. The van der Waals surface area contributed by atoms with Crippen LogP contribution in [0.4, 0.5) is 0 Å². The van der Waals surface area contributed by atoms with Crippen LogP contribution in [0.25, 0.3) is 0 Å². The topological polar surface area (TPSA) is 128 Å². The van der Waals surface area contributed by atoms with Gasteiger partial charge in [-0.2, -0.15) is 4.31 Å². The summed E-state index contributed by atoms with van der Waals surface area (Å²) in [5.74, 6) is 0.168. The number of hydrogen-bond acceptors (Lipinski definition) is 7. The van der Waals surface area contributed by atoms with Crippen molar-refractivity contribution in [3.05, 3.63) is 59.7 Å². The fourth-order valence-corrected chi connectivity index (χ4v) is 6.88. The van der Waals surface area contributed by atoms with Crippen molar-refractivity contribution in [2.24, 2.45) is 11.8 Å². The van der Waals surface area contributed by atoms with Gasteiger partial charge in [-0.05, 0) is 55.3 Å². The summed E-state index contributed by atoms with van der Waals surface area (Å²) in [6.45, 7) is 7.00. The zero-order valence-corrected chi connectivity index (χ0v) is 26.2. The predicted molar refractivity (Wildman–Crippen MR) is 162 cm³/mol. The monoisotopic (exact) mass is 602 g/mol. The first kappa shape index (κ1) is 33.5. The molecule has 2 atom stereocenters. The van der Waals surface area contributed by atoms with E-state index in [9.17, 15) is 23.1 Å². The molecule has 0 aromatic heterocycles. The van der Waals surface area contributed by atoms with Gasteiger partial charge in [0.05, 0.1) is 18.0 Å². The van der Waals surface area contributed by atoms with Crippen LogP contribution in [0.1, 0.15) is 44.7 Å². The first-order chi connectivity index (χ1) is 19.8. The summed E-state index contributed by atoms with van der Waals surface area (Å²) < 4.78 is 35.0. The number of carbonyl (C=O) groups excluding carboxylic acids is 2. The maximum Gasteiger partial charge on any atom is 0.245 e. The molecule has 11 heteroatoms. The summed E-state index contributed by atoms with van der Waals surface area (Å²) in [7, 11) is -0.500. The standard InChI is InChI=1S/C31H46N4O6S/c1-23(2)21-35(42(39,40)27-11-12-28-26(18-27)13-16-41-28)31(38,19-25-9-7-6-8-10-25)14-15-32-29(36)17-24(3)20-33-30(37)22-34(4)5/h6-12,18,23-24,38H,13-17,19-22H2,1-5H3,(H,32,36)(H,33,37). The summed E-state index contributed by atoms with van der Waals surface area (Å²) in [5.41, 5.74) is -0.204. The number of nitrogens with zero attached hydrogens (tertiary/aromatic N) is 2. The summed E-state index contributed by atoms with van der Waals surface area (Å²) >= 11 is 0. The Labute approximate surface area is 250 Å². The van der Waals surface area contributed by atoms with E-state index in [2.05, 4.69) is 10.6 Å². The molecule has 1 aliphatic rings. The second-order valence-electron chi connectivity index (χ2n) is 11.9. The normalized spacial score (nSPS) is 15.3. The first-order valence-electron chi connectivity index (χ1n) is 14.5. The fraction of sp³-hybridized carbons (Fsp3) is 0.548. The lowest BCUT2D eigenvalue weighted by Crippen LogP contribution is -2.55. The Hall–Kier alpha value is -2.99. The highest BCUT2D eigenvalue weighted by atomic mass is 32.2. The third kappa shape index (κ3) is 9.52. The smallest absolute Gasteiger partial charge is 0.245 e. The molecule has 1 heterocycles. The van der Waals surface area contributed by atoms with Crippen LogP contribution in [0.2, 0.25) is 0 Å². The molecule has 0 aliphatic carbocycles. The number of carbonyl (C=O) groups is 2. The first-order valence-corrected chi connectivity index (χ1v) is 16.0. The van der Waals surface area contributed by atoms with Crippen molar-refractivity contribution in [2.75, 3.05) is 46.9 Å². The van der Waals surface area contributed by atoms with Crippen LogP contribution in [0, 0.1) is 11.8 Å². The van der Waals surface area contributed by atoms with Crippen LogP contribution < -0.4 is 15.4 Å². The number of rotatable bonds is 16. The van der Waals surface area contributed by atoms with E-state index >= 15 is 0 Å². The Balaban J connectivity index is 1.78. The molecule has 3 rings (SSSR count). The maximum atomic E-state index is 14.1.